The highest BCUT2D eigenvalue weighted by Gasteiger charge is 2.08. The van der Waals surface area contributed by atoms with E-state index in [0.717, 1.165) is 6.07 Å². The molecule has 0 unspecified atom stereocenters. The average molecular weight is 326 g/mol. The van der Waals surface area contributed by atoms with Gasteiger partial charge in [-0.25, -0.2) is 13.2 Å². The van der Waals surface area contributed by atoms with E-state index in [1.165, 1.54) is 12.1 Å². The van der Waals surface area contributed by atoms with Crippen molar-refractivity contribution in [2.45, 2.75) is 12.8 Å². The Kier molecular flexibility index (Phi) is 6.14. The van der Waals surface area contributed by atoms with Crippen molar-refractivity contribution < 1.29 is 22.7 Å². The van der Waals surface area contributed by atoms with Crippen LogP contribution >= 0.6 is 15.9 Å². The molecular weight excluding hydrogens is 315 g/mol. The summed E-state index contributed by atoms with van der Waals surface area (Å²) in [6.45, 7) is -0.806. The van der Waals surface area contributed by atoms with E-state index < -0.39 is 24.8 Å². The van der Waals surface area contributed by atoms with Crippen molar-refractivity contribution in [3.8, 4) is 0 Å². The lowest BCUT2D eigenvalue weighted by molar-refractivity contribution is -0.117. The van der Waals surface area contributed by atoms with E-state index in [1.807, 2.05) is 0 Å². The summed E-state index contributed by atoms with van der Waals surface area (Å²) in [7, 11) is 0. The number of hydrogen-bond donors (Lipinski definition) is 1. The Labute approximate surface area is 110 Å². The summed E-state index contributed by atoms with van der Waals surface area (Å²) in [4.78, 5) is 11.4. The van der Waals surface area contributed by atoms with Crippen LogP contribution in [0.25, 0.3) is 0 Å². The summed E-state index contributed by atoms with van der Waals surface area (Å²) in [5, 5.41) is 2.45. The van der Waals surface area contributed by atoms with E-state index in [2.05, 4.69) is 26.0 Å². The largest absolute Gasteiger partial charge is 0.375 e. The molecule has 1 amide bonds. The SMILES string of the molecule is O=C(CCOCC(F)F)Nc1cc(F)ccc1Br. The van der Waals surface area contributed by atoms with E-state index in [0.29, 0.717) is 4.47 Å². The van der Waals surface area contributed by atoms with Crippen LogP contribution in [-0.2, 0) is 9.53 Å². The second-order valence-corrected chi connectivity index (χ2v) is 4.24. The molecule has 0 heterocycles. The Morgan fingerprint density at radius 2 is 2.17 bits per heavy atom. The smallest absolute Gasteiger partial charge is 0.261 e. The number of hydrogen-bond acceptors (Lipinski definition) is 2. The molecule has 1 aromatic rings. The first-order valence-corrected chi connectivity index (χ1v) is 5.89. The van der Waals surface area contributed by atoms with Gasteiger partial charge in [-0.05, 0) is 34.1 Å². The molecule has 1 aromatic carbocycles. The van der Waals surface area contributed by atoms with Gasteiger partial charge in [0.1, 0.15) is 12.4 Å². The molecule has 0 aliphatic carbocycles. The molecule has 0 fully saturated rings. The molecule has 3 nitrogen and oxygen atoms in total. The van der Waals surface area contributed by atoms with Crippen LogP contribution in [0.1, 0.15) is 6.42 Å². The van der Waals surface area contributed by atoms with Crippen LogP contribution in [0.5, 0.6) is 0 Å². The third-order valence-electron chi connectivity index (χ3n) is 1.92. The standard InChI is InChI=1S/C11H11BrF3NO2/c12-8-2-1-7(13)5-9(8)16-11(17)3-4-18-6-10(14)15/h1-2,5,10H,3-4,6H2,(H,16,17). The molecule has 18 heavy (non-hydrogen) atoms. The van der Waals surface area contributed by atoms with Gasteiger partial charge in [0, 0.05) is 4.47 Å². The molecule has 7 heteroatoms. The molecule has 0 aliphatic rings. The zero-order valence-corrected chi connectivity index (χ0v) is 10.8. The highest BCUT2D eigenvalue weighted by atomic mass is 79.9. The molecule has 0 atom stereocenters. The number of carbonyl (C=O) groups is 1. The summed E-state index contributed by atoms with van der Waals surface area (Å²) in [6, 6.07) is 3.85. The maximum absolute atomic E-state index is 12.9. The lowest BCUT2D eigenvalue weighted by atomic mass is 10.3. The number of amides is 1. The Hall–Kier alpha value is -1.08. The first kappa shape index (κ1) is 15.0. The summed E-state index contributed by atoms with van der Waals surface area (Å²) < 4.78 is 41.5. The van der Waals surface area contributed by atoms with Gasteiger partial charge in [0.25, 0.3) is 6.43 Å². The topological polar surface area (TPSA) is 38.3 Å². The minimum Gasteiger partial charge on any atom is -0.375 e. The van der Waals surface area contributed by atoms with Crippen molar-refractivity contribution in [3.05, 3.63) is 28.5 Å². The number of alkyl halides is 2. The monoisotopic (exact) mass is 325 g/mol. The fourth-order valence-electron chi connectivity index (χ4n) is 1.14. The number of ether oxygens (including phenoxy) is 1. The summed E-state index contributed by atoms with van der Waals surface area (Å²) in [5.74, 6) is -0.919. The number of rotatable bonds is 6. The van der Waals surface area contributed by atoms with Gasteiger partial charge in [0.15, 0.2) is 0 Å². The number of benzene rings is 1. The van der Waals surface area contributed by atoms with Crippen molar-refractivity contribution in [2.24, 2.45) is 0 Å². The van der Waals surface area contributed by atoms with Crippen LogP contribution in [0.15, 0.2) is 22.7 Å². The van der Waals surface area contributed by atoms with Gasteiger partial charge in [-0.2, -0.15) is 0 Å². The van der Waals surface area contributed by atoms with Gasteiger partial charge < -0.3 is 10.1 Å². The van der Waals surface area contributed by atoms with Gasteiger partial charge in [-0.15, -0.1) is 0 Å². The zero-order valence-electron chi connectivity index (χ0n) is 9.26. The number of carbonyl (C=O) groups excluding carboxylic acids is 1. The van der Waals surface area contributed by atoms with E-state index >= 15 is 0 Å². The predicted octanol–water partition coefficient (Wildman–Crippen LogP) is 3.20. The maximum atomic E-state index is 12.9. The average Bonchev–Trinajstić information content (AvgIpc) is 2.29. The van der Waals surface area contributed by atoms with Crippen LogP contribution in [0.3, 0.4) is 0 Å². The highest BCUT2D eigenvalue weighted by Crippen LogP contribution is 2.23. The molecule has 0 aliphatic heterocycles. The molecular formula is C11H11BrF3NO2. The second-order valence-electron chi connectivity index (χ2n) is 3.39. The maximum Gasteiger partial charge on any atom is 0.261 e. The van der Waals surface area contributed by atoms with Crippen molar-refractivity contribution >= 4 is 27.5 Å². The summed E-state index contributed by atoms with van der Waals surface area (Å²) in [6.07, 6.45) is -2.62. The van der Waals surface area contributed by atoms with E-state index in [4.69, 9.17) is 0 Å². The Morgan fingerprint density at radius 1 is 1.44 bits per heavy atom. The molecule has 0 bridgehead atoms. The van der Waals surface area contributed by atoms with Crippen molar-refractivity contribution in [3.63, 3.8) is 0 Å². The highest BCUT2D eigenvalue weighted by molar-refractivity contribution is 9.10. The lowest BCUT2D eigenvalue weighted by Gasteiger charge is -2.07. The predicted molar refractivity (Wildman–Crippen MR) is 64.2 cm³/mol. The van der Waals surface area contributed by atoms with Crippen LogP contribution in [0, 0.1) is 5.82 Å². The van der Waals surface area contributed by atoms with Crippen LogP contribution < -0.4 is 5.32 Å². The Morgan fingerprint density at radius 3 is 2.83 bits per heavy atom. The van der Waals surface area contributed by atoms with Crippen LogP contribution in [0.4, 0.5) is 18.9 Å². The van der Waals surface area contributed by atoms with Gasteiger partial charge >= 0.3 is 0 Å². The molecule has 100 valence electrons. The number of nitrogens with one attached hydrogen (secondary N) is 1. The van der Waals surface area contributed by atoms with E-state index in [9.17, 15) is 18.0 Å². The molecule has 0 radical (unpaired) electrons. The molecule has 0 saturated carbocycles. The van der Waals surface area contributed by atoms with Gasteiger partial charge in [-0.3, -0.25) is 4.79 Å². The molecule has 0 saturated heterocycles. The minimum atomic E-state index is -2.55. The molecule has 0 spiro atoms. The number of anilines is 1. The van der Waals surface area contributed by atoms with E-state index in [-0.39, 0.29) is 18.7 Å². The second kappa shape index (κ2) is 7.38. The minimum absolute atomic E-state index is 0.0737. The fourth-order valence-corrected chi connectivity index (χ4v) is 1.49. The quantitative estimate of drug-likeness (QED) is 0.816. The Bertz CT molecular complexity index is 415. The van der Waals surface area contributed by atoms with Crippen molar-refractivity contribution in [1.29, 1.82) is 0 Å². The Balaban J connectivity index is 2.38. The molecule has 1 rings (SSSR count). The van der Waals surface area contributed by atoms with E-state index in [1.54, 1.807) is 0 Å². The van der Waals surface area contributed by atoms with Gasteiger partial charge in [0.2, 0.25) is 5.91 Å². The first-order valence-electron chi connectivity index (χ1n) is 5.10. The normalized spacial score (nSPS) is 10.7. The van der Waals surface area contributed by atoms with Crippen molar-refractivity contribution in [1.82, 2.24) is 0 Å². The molecule has 0 aromatic heterocycles. The summed E-state index contributed by atoms with van der Waals surface area (Å²) >= 11 is 3.15. The van der Waals surface area contributed by atoms with Crippen LogP contribution in [-0.4, -0.2) is 25.5 Å². The molecule has 1 N–H and O–H groups in total. The van der Waals surface area contributed by atoms with Crippen LogP contribution in [0.2, 0.25) is 0 Å². The third kappa shape index (κ3) is 5.50. The fraction of sp³-hybridized carbons (Fsp3) is 0.364. The van der Waals surface area contributed by atoms with Gasteiger partial charge in [-0.1, -0.05) is 0 Å². The number of halogens is 4. The lowest BCUT2D eigenvalue weighted by Crippen LogP contribution is -2.16. The summed E-state index contributed by atoms with van der Waals surface area (Å²) in [5.41, 5.74) is 0.286. The third-order valence-corrected chi connectivity index (χ3v) is 2.61. The zero-order chi connectivity index (χ0) is 13.5. The van der Waals surface area contributed by atoms with Gasteiger partial charge in [0.05, 0.1) is 18.7 Å². The first-order chi connectivity index (χ1) is 8.49. The van der Waals surface area contributed by atoms with Crippen molar-refractivity contribution in [2.75, 3.05) is 18.5 Å².